The van der Waals surface area contributed by atoms with Crippen molar-refractivity contribution in [2.24, 2.45) is 0 Å². The highest BCUT2D eigenvalue weighted by molar-refractivity contribution is 5.81. The van der Waals surface area contributed by atoms with E-state index < -0.39 is 35.6 Å². The summed E-state index contributed by atoms with van der Waals surface area (Å²) < 4.78 is 43.7. The third-order valence-electron chi connectivity index (χ3n) is 3.64. The van der Waals surface area contributed by atoms with E-state index in [-0.39, 0.29) is 25.5 Å². The van der Waals surface area contributed by atoms with Crippen LogP contribution in [-0.2, 0) is 15.7 Å². The third kappa shape index (κ3) is 4.77. The molecule has 7 nitrogen and oxygen atoms in total. The van der Waals surface area contributed by atoms with E-state index in [4.69, 9.17) is 4.74 Å². The van der Waals surface area contributed by atoms with Gasteiger partial charge in [0.25, 0.3) is 0 Å². The van der Waals surface area contributed by atoms with Gasteiger partial charge in [-0.15, -0.1) is 0 Å². The number of anilines is 1. The maximum Gasteiger partial charge on any atom is 0.433 e. The topological polar surface area (TPSA) is 83.0 Å². The molecule has 1 aromatic heterocycles. The molecule has 1 fully saturated rings. The molecule has 0 bridgehead atoms. The largest absolute Gasteiger partial charge is 0.480 e. The first-order chi connectivity index (χ1) is 11.9. The summed E-state index contributed by atoms with van der Waals surface area (Å²) in [5.41, 5.74) is -1.85. The molecule has 2 heterocycles. The quantitative estimate of drug-likeness (QED) is 0.856. The van der Waals surface area contributed by atoms with Crippen LogP contribution in [0.4, 0.5) is 23.8 Å². The summed E-state index contributed by atoms with van der Waals surface area (Å²) in [6.45, 7) is 4.90. The molecular formula is C16H20F3N3O4. The Morgan fingerprint density at radius 3 is 2.42 bits per heavy atom. The molecule has 0 saturated carbocycles. The molecule has 10 heteroatoms. The second kappa shape index (κ2) is 7.00. The Hall–Kier alpha value is -2.52. The molecule has 0 spiro atoms. The number of amides is 1. The van der Waals surface area contributed by atoms with Crippen LogP contribution in [0.5, 0.6) is 0 Å². The number of hydrogen-bond donors (Lipinski definition) is 1. The number of carbonyl (C=O) groups is 2. The van der Waals surface area contributed by atoms with Gasteiger partial charge in [-0.3, -0.25) is 4.90 Å². The molecule has 0 radical (unpaired) electrons. The minimum atomic E-state index is -4.60. The van der Waals surface area contributed by atoms with Crippen LogP contribution in [0.25, 0.3) is 0 Å². The summed E-state index contributed by atoms with van der Waals surface area (Å²) in [4.78, 5) is 29.8. The SMILES string of the molecule is CC(C)(C)OC(=O)N1CCN(c2cccc(C(F)(F)F)n2)CC1C(=O)O. The number of rotatable bonds is 2. The van der Waals surface area contributed by atoms with Crippen molar-refractivity contribution in [3.8, 4) is 0 Å². The van der Waals surface area contributed by atoms with Crippen LogP contribution in [0.3, 0.4) is 0 Å². The summed E-state index contributed by atoms with van der Waals surface area (Å²) in [5, 5.41) is 9.43. The number of carboxylic acids is 1. The Morgan fingerprint density at radius 2 is 1.88 bits per heavy atom. The van der Waals surface area contributed by atoms with Crippen molar-refractivity contribution in [1.82, 2.24) is 9.88 Å². The molecule has 1 amide bonds. The highest BCUT2D eigenvalue weighted by atomic mass is 19.4. The molecule has 1 aliphatic heterocycles. The Bertz CT molecular complexity index is 688. The normalized spacial score (nSPS) is 18.6. The van der Waals surface area contributed by atoms with Crippen LogP contribution in [0.1, 0.15) is 26.5 Å². The lowest BCUT2D eigenvalue weighted by molar-refractivity contribution is -0.143. The van der Waals surface area contributed by atoms with Crippen molar-refractivity contribution in [3.05, 3.63) is 23.9 Å². The molecule has 1 unspecified atom stereocenters. The minimum absolute atomic E-state index is 0.00918. The molecule has 0 aromatic carbocycles. The lowest BCUT2D eigenvalue weighted by Crippen LogP contribution is -2.59. The monoisotopic (exact) mass is 375 g/mol. The van der Waals surface area contributed by atoms with E-state index in [2.05, 4.69) is 4.98 Å². The number of piperazine rings is 1. The number of ether oxygens (including phenoxy) is 1. The summed E-state index contributed by atoms with van der Waals surface area (Å²) in [5.74, 6) is -1.26. The van der Waals surface area contributed by atoms with Crippen molar-refractivity contribution < 1.29 is 32.6 Å². The van der Waals surface area contributed by atoms with Crippen molar-refractivity contribution in [2.45, 2.75) is 38.6 Å². The first kappa shape index (κ1) is 19.8. The van der Waals surface area contributed by atoms with Gasteiger partial charge in [0.2, 0.25) is 0 Å². The van der Waals surface area contributed by atoms with Crippen molar-refractivity contribution in [3.63, 3.8) is 0 Å². The fourth-order valence-corrected chi connectivity index (χ4v) is 2.50. The number of aromatic nitrogens is 1. The first-order valence-electron chi connectivity index (χ1n) is 7.90. The molecule has 26 heavy (non-hydrogen) atoms. The van der Waals surface area contributed by atoms with Gasteiger partial charge in [-0.1, -0.05) is 6.07 Å². The standard InChI is InChI=1S/C16H20F3N3O4/c1-15(2,3)26-14(25)22-8-7-21(9-10(22)13(23)24)12-6-4-5-11(20-12)16(17,18)19/h4-6,10H,7-9H2,1-3H3,(H,23,24). The van der Waals surface area contributed by atoms with Crippen LogP contribution in [0.2, 0.25) is 0 Å². The van der Waals surface area contributed by atoms with Gasteiger partial charge in [-0.05, 0) is 32.9 Å². The molecule has 144 valence electrons. The number of alkyl halides is 3. The van der Waals surface area contributed by atoms with Crippen LogP contribution < -0.4 is 4.90 Å². The number of carbonyl (C=O) groups excluding carboxylic acids is 1. The number of halogens is 3. The van der Waals surface area contributed by atoms with Gasteiger partial charge < -0.3 is 14.7 Å². The predicted octanol–water partition coefficient (Wildman–Crippen LogP) is 2.61. The maximum absolute atomic E-state index is 12.8. The van der Waals surface area contributed by atoms with E-state index in [1.807, 2.05) is 0 Å². The van der Waals surface area contributed by atoms with E-state index in [0.717, 1.165) is 11.0 Å². The zero-order valence-electron chi connectivity index (χ0n) is 14.6. The summed E-state index contributed by atoms with van der Waals surface area (Å²) in [6.07, 6.45) is -5.37. The second-order valence-corrected chi connectivity index (χ2v) is 6.85. The van der Waals surface area contributed by atoms with E-state index in [9.17, 15) is 27.9 Å². The molecule has 2 rings (SSSR count). The first-order valence-corrected chi connectivity index (χ1v) is 7.90. The molecule has 1 N–H and O–H groups in total. The van der Waals surface area contributed by atoms with Gasteiger partial charge >= 0.3 is 18.2 Å². The zero-order chi connectivity index (χ0) is 19.7. The summed E-state index contributed by atoms with van der Waals surface area (Å²) in [7, 11) is 0. The third-order valence-corrected chi connectivity index (χ3v) is 3.64. The van der Waals surface area contributed by atoms with Crippen molar-refractivity contribution in [1.29, 1.82) is 0 Å². The van der Waals surface area contributed by atoms with Gasteiger partial charge in [0, 0.05) is 13.1 Å². The van der Waals surface area contributed by atoms with Crippen molar-refractivity contribution in [2.75, 3.05) is 24.5 Å². The van der Waals surface area contributed by atoms with Gasteiger partial charge in [0.15, 0.2) is 0 Å². The van der Waals surface area contributed by atoms with Gasteiger partial charge in [0.05, 0.1) is 6.54 Å². The lowest BCUT2D eigenvalue weighted by Gasteiger charge is -2.40. The number of nitrogens with zero attached hydrogens (tertiary/aromatic N) is 3. The Balaban J connectivity index is 2.20. The zero-order valence-corrected chi connectivity index (χ0v) is 14.6. The van der Waals surface area contributed by atoms with Gasteiger partial charge in [-0.2, -0.15) is 13.2 Å². The number of hydrogen-bond acceptors (Lipinski definition) is 5. The van der Waals surface area contributed by atoms with E-state index in [1.54, 1.807) is 20.8 Å². The lowest BCUT2D eigenvalue weighted by atomic mass is 10.1. The van der Waals surface area contributed by atoms with Crippen molar-refractivity contribution >= 4 is 17.9 Å². The average Bonchev–Trinajstić information content (AvgIpc) is 2.52. The Labute approximate surface area is 148 Å². The maximum atomic E-state index is 12.8. The van der Waals surface area contributed by atoms with E-state index in [0.29, 0.717) is 0 Å². The predicted molar refractivity (Wildman–Crippen MR) is 85.8 cm³/mol. The molecule has 1 atom stereocenters. The van der Waals surface area contributed by atoms with E-state index in [1.165, 1.54) is 17.0 Å². The molecule has 1 saturated heterocycles. The summed E-state index contributed by atoms with van der Waals surface area (Å²) in [6, 6.07) is 2.17. The van der Waals surface area contributed by atoms with E-state index >= 15 is 0 Å². The smallest absolute Gasteiger partial charge is 0.433 e. The summed E-state index contributed by atoms with van der Waals surface area (Å²) >= 11 is 0. The number of carboxylic acid groups (broad SMARTS) is 1. The van der Waals surface area contributed by atoms with Gasteiger partial charge in [0.1, 0.15) is 23.2 Å². The molecule has 1 aromatic rings. The van der Waals surface area contributed by atoms with Crippen LogP contribution in [0, 0.1) is 0 Å². The Kier molecular flexibility index (Phi) is 5.33. The fourth-order valence-electron chi connectivity index (χ4n) is 2.50. The van der Waals surface area contributed by atoms with Gasteiger partial charge in [-0.25, -0.2) is 14.6 Å². The number of pyridine rings is 1. The van der Waals surface area contributed by atoms with Crippen LogP contribution in [-0.4, -0.2) is 58.3 Å². The Morgan fingerprint density at radius 1 is 1.23 bits per heavy atom. The number of aliphatic carboxylic acids is 1. The minimum Gasteiger partial charge on any atom is -0.480 e. The molecule has 1 aliphatic rings. The second-order valence-electron chi connectivity index (χ2n) is 6.85. The fraction of sp³-hybridized carbons (Fsp3) is 0.562. The highest BCUT2D eigenvalue weighted by Gasteiger charge is 2.39. The van der Waals surface area contributed by atoms with Crippen LogP contribution >= 0.6 is 0 Å². The molecular weight excluding hydrogens is 355 g/mol. The van der Waals surface area contributed by atoms with Crippen LogP contribution in [0.15, 0.2) is 18.2 Å². The molecule has 0 aliphatic carbocycles. The average molecular weight is 375 g/mol. The highest BCUT2D eigenvalue weighted by Crippen LogP contribution is 2.29.